The number of likely N-dealkylation sites (tertiary alicyclic amines) is 2. The number of hydrogen-bond acceptors (Lipinski definition) is 22. The van der Waals surface area contributed by atoms with Crippen LogP contribution < -0.4 is 63.8 Å². The van der Waals surface area contributed by atoms with Crippen molar-refractivity contribution in [2.24, 2.45) is 11.5 Å². The van der Waals surface area contributed by atoms with E-state index in [1.54, 1.807) is 78.9 Å². The number of anilines is 11. The van der Waals surface area contributed by atoms with E-state index in [2.05, 4.69) is 133 Å². The van der Waals surface area contributed by atoms with Gasteiger partial charge in [-0.1, -0.05) is 46.1 Å². The van der Waals surface area contributed by atoms with Gasteiger partial charge in [-0.05, 0) is 228 Å². The Kier molecular flexibility index (Phi) is 29.4. The lowest BCUT2D eigenvalue weighted by molar-refractivity contribution is -0.112. The number of nitrogens with one attached hydrogen (secondary N) is 8. The second kappa shape index (κ2) is 41.1. The van der Waals surface area contributed by atoms with E-state index in [0.717, 1.165) is 184 Å². The molecule has 0 bridgehead atoms. The van der Waals surface area contributed by atoms with Crippen molar-refractivity contribution >= 4 is 116 Å². The highest BCUT2D eigenvalue weighted by atomic mass is 16.2. The maximum absolute atomic E-state index is 13.3. The lowest BCUT2D eigenvalue weighted by Gasteiger charge is -2.34. The minimum absolute atomic E-state index is 0.0130. The van der Waals surface area contributed by atoms with Gasteiger partial charge in [0.2, 0.25) is 17.7 Å². The molecule has 4 unspecified atom stereocenters. The Morgan fingerprint density at radius 1 is 0.459 bits per heavy atom. The first-order valence-electron chi connectivity index (χ1n) is 42.7. The molecule has 0 radical (unpaired) electrons. The summed E-state index contributed by atoms with van der Waals surface area (Å²) in [6.07, 6.45) is 26.4. The molecule has 10 heterocycles. The summed E-state index contributed by atoms with van der Waals surface area (Å²) < 4.78 is 5.59. The van der Waals surface area contributed by atoms with E-state index in [9.17, 15) is 28.8 Å². The third-order valence-corrected chi connectivity index (χ3v) is 22.9. The number of aromatic nitrogens is 9. The van der Waals surface area contributed by atoms with Crippen LogP contribution in [0.25, 0.3) is 16.9 Å². The molecule has 5 fully saturated rings. The molecule has 6 aromatic heterocycles. The van der Waals surface area contributed by atoms with Gasteiger partial charge in [-0.15, -0.1) is 0 Å². The molecule has 4 atom stereocenters. The van der Waals surface area contributed by atoms with Crippen LogP contribution in [-0.4, -0.2) is 222 Å². The fourth-order valence-electron chi connectivity index (χ4n) is 16.2. The quantitative estimate of drug-likeness (QED) is 0.0225. The Bertz CT molecular complexity index is 5340. The number of aryl methyl sites for hydroxylation is 3. The van der Waals surface area contributed by atoms with Crippen LogP contribution in [0.4, 0.5) is 63.3 Å². The molecule has 4 aliphatic heterocycles. The summed E-state index contributed by atoms with van der Waals surface area (Å²) in [4.78, 5) is 102. The van der Waals surface area contributed by atoms with Crippen LogP contribution in [0.15, 0.2) is 171 Å². The van der Waals surface area contributed by atoms with Crippen molar-refractivity contribution < 1.29 is 28.8 Å². The lowest BCUT2D eigenvalue weighted by Crippen LogP contribution is -2.45. The number of likely N-dealkylation sites (N-methyl/N-ethyl adjacent to an activating group) is 1. The topological polar surface area (TPSA) is 361 Å². The maximum Gasteiger partial charge on any atom is 0.255 e. The van der Waals surface area contributed by atoms with Crippen LogP contribution >= 0.6 is 0 Å². The molecule has 1 aliphatic carbocycles. The third-order valence-electron chi connectivity index (χ3n) is 22.9. The molecule has 5 aliphatic rings. The second-order valence-corrected chi connectivity index (χ2v) is 32.5. The SMILES string of the molecule is C=CC(=O)Nc1ccc(C(=O)N2CCCC(Nc3cc(N4CCCC(N)C4)nc4c(CC)cnn34)C2)cc1.C=CC(=O)Nc1ccc(C(=O)N2CCCC(Nc3cc(NC4CCC(N(C)C)CC4)nc4c(CC)cnn34)C2)cc1.CCc1cnn2c(Nc3cccc(NC(=O)c4ccc(NC(=O)/C=C/CN(C)C)cc4)c3)cc(N3CCCC(N)C3)nc12. The van der Waals surface area contributed by atoms with Crippen molar-refractivity contribution in [2.75, 3.05) is 139 Å². The number of nitrogens with zero attached hydrogens (tertiary/aromatic N) is 15. The number of carbonyl (C=O) groups is 6. The molecule has 122 heavy (non-hydrogen) atoms. The first kappa shape index (κ1) is 87.2. The molecule has 15 rings (SSSR count). The van der Waals surface area contributed by atoms with E-state index >= 15 is 0 Å². The van der Waals surface area contributed by atoms with E-state index in [4.69, 9.17) is 26.4 Å². The van der Waals surface area contributed by atoms with Gasteiger partial charge in [-0.25, -0.2) is 15.0 Å². The number of carbonyl (C=O) groups excluding carboxylic acids is 6. The van der Waals surface area contributed by atoms with Gasteiger partial charge in [0.25, 0.3) is 17.7 Å². The highest BCUT2D eigenvalue weighted by molar-refractivity contribution is 6.06. The molecule has 31 heteroatoms. The summed E-state index contributed by atoms with van der Waals surface area (Å²) >= 11 is 0. The van der Waals surface area contributed by atoms with Crippen LogP contribution in [0.3, 0.4) is 0 Å². The molecule has 31 nitrogen and oxygen atoms in total. The van der Waals surface area contributed by atoms with Gasteiger partial charge in [0.15, 0.2) is 16.9 Å². The zero-order valence-electron chi connectivity index (χ0n) is 71.2. The number of nitrogens with two attached hydrogens (primary N) is 2. The van der Waals surface area contributed by atoms with Crippen LogP contribution in [0.1, 0.15) is 146 Å². The number of hydrogen-bond donors (Lipinski definition) is 10. The monoisotopic (exact) mass is 1660 g/mol. The molecule has 4 aromatic carbocycles. The summed E-state index contributed by atoms with van der Waals surface area (Å²) in [5, 5.41) is 39.6. The van der Waals surface area contributed by atoms with Crippen molar-refractivity contribution in [3.05, 3.63) is 205 Å². The van der Waals surface area contributed by atoms with Crippen LogP contribution in [-0.2, 0) is 33.6 Å². The van der Waals surface area contributed by atoms with Crippen molar-refractivity contribution in [1.29, 1.82) is 0 Å². The smallest absolute Gasteiger partial charge is 0.255 e. The summed E-state index contributed by atoms with van der Waals surface area (Å²) in [5.41, 5.74) is 23.3. The molecule has 1 saturated carbocycles. The molecule has 0 spiro atoms. The normalized spacial score (nSPS) is 18.6. The van der Waals surface area contributed by atoms with E-state index in [-0.39, 0.29) is 59.6 Å². The van der Waals surface area contributed by atoms with Gasteiger partial charge in [0.1, 0.15) is 34.9 Å². The predicted molar refractivity (Wildman–Crippen MR) is 485 cm³/mol. The van der Waals surface area contributed by atoms with Gasteiger partial charge < -0.3 is 83.4 Å². The minimum atomic E-state index is -0.284. The zero-order chi connectivity index (χ0) is 85.9. The first-order valence-corrected chi connectivity index (χ1v) is 42.7. The van der Waals surface area contributed by atoms with E-state index in [1.165, 1.54) is 31.1 Å². The van der Waals surface area contributed by atoms with Gasteiger partial charge in [0, 0.05) is 181 Å². The molecule has 4 saturated heterocycles. The van der Waals surface area contributed by atoms with E-state index in [0.29, 0.717) is 84.2 Å². The fourth-order valence-corrected chi connectivity index (χ4v) is 16.2. The lowest BCUT2D eigenvalue weighted by atomic mass is 9.90. The van der Waals surface area contributed by atoms with Crippen molar-refractivity contribution in [3.63, 3.8) is 0 Å². The van der Waals surface area contributed by atoms with Gasteiger partial charge in [-0.2, -0.15) is 28.8 Å². The summed E-state index contributed by atoms with van der Waals surface area (Å²) in [7, 11) is 8.20. The zero-order valence-corrected chi connectivity index (χ0v) is 71.2. The Morgan fingerprint density at radius 2 is 0.902 bits per heavy atom. The molecular weight excluding hydrogens is 1540 g/mol. The van der Waals surface area contributed by atoms with Gasteiger partial charge >= 0.3 is 0 Å². The van der Waals surface area contributed by atoms with Crippen molar-refractivity contribution in [3.8, 4) is 0 Å². The Morgan fingerprint density at radius 3 is 1.37 bits per heavy atom. The molecule has 642 valence electrons. The number of fused-ring (bicyclic) bond motifs is 3. The van der Waals surface area contributed by atoms with Crippen LogP contribution in [0.2, 0.25) is 0 Å². The predicted octanol–water partition coefficient (Wildman–Crippen LogP) is 11.7. The Hall–Kier alpha value is -12.6. The molecule has 6 amide bonds. The van der Waals surface area contributed by atoms with Gasteiger partial charge in [-0.3, -0.25) is 28.8 Å². The minimum Gasteiger partial charge on any atom is -0.367 e. The van der Waals surface area contributed by atoms with Crippen molar-refractivity contribution in [2.45, 2.75) is 153 Å². The summed E-state index contributed by atoms with van der Waals surface area (Å²) in [6, 6.07) is 35.9. The highest BCUT2D eigenvalue weighted by Crippen LogP contribution is 2.33. The molecule has 10 aromatic rings. The average Bonchev–Trinajstić information content (AvgIpc) is 1.62. The second-order valence-electron chi connectivity index (χ2n) is 32.5. The van der Waals surface area contributed by atoms with Gasteiger partial charge in [0.05, 0.1) is 18.6 Å². The number of benzene rings is 4. The number of amides is 6. The third kappa shape index (κ3) is 22.5. The van der Waals surface area contributed by atoms with Crippen molar-refractivity contribution in [1.82, 2.24) is 63.4 Å². The van der Waals surface area contributed by atoms with Crippen LogP contribution in [0, 0.1) is 0 Å². The standard InChI is InChI=1S/C32H39N9O2.C31H42N8O2.C28H36N8O2/c1-4-22-20-34-41-29(19-28(38-31(22)41)40-17-6-8-24(33)21-40)35-26-9-5-10-27(18-26)37-32(43)23-12-14-25(15-13-23)36-30(42)11-7-16-39(2)3;1-5-21-19-32-39-28(18-27(36-30(21)39)33-23-13-15-26(16-14-23)37(3)4)34-25-8-7-17-38(20-25)31(41)22-9-11-24(12-10-22)35-29(40)6-2;1-3-19-16-30-36-25(15-24(33-27(19)36)34-13-5-7-21(29)17-34)31-23-8-6-14-35(18-23)28(38)20-9-11-22(12-10-20)32-26(37)4-2/h5,7,9-15,18-20,24,35H,4,6,8,16-17,21,33H2,1-3H3,(H,36,42)(H,37,43);6,9-12,18-19,23,25-26,34H,2,5,7-8,13-17,20H2,1,3-4H3,(H,33,36)(H,35,40);4,9-12,15-16,21,23,31H,2-3,5-8,13-14,17-18,29H2,1H3,(H,32,37)/b11-7+;;. The molecule has 12 N–H and O–H groups in total. The fraction of sp³-hybridized carbons (Fsp3) is 0.407. The van der Waals surface area contributed by atoms with E-state index < -0.39 is 0 Å². The number of rotatable bonds is 26. The summed E-state index contributed by atoms with van der Waals surface area (Å²) in [6.45, 7) is 19.9. The average molecular weight is 1660 g/mol. The van der Waals surface area contributed by atoms with Crippen LogP contribution in [0.5, 0.6) is 0 Å². The maximum atomic E-state index is 13.3. The highest BCUT2D eigenvalue weighted by Gasteiger charge is 2.31. The largest absolute Gasteiger partial charge is 0.367 e. The molecular formula is C91H117N25O6. The van der Waals surface area contributed by atoms with E-state index in [1.807, 2.05) is 91.3 Å². The Labute approximate surface area is 713 Å². The Balaban J connectivity index is 0.000000158. The first-order chi connectivity index (χ1) is 59.1. The summed E-state index contributed by atoms with van der Waals surface area (Å²) in [5.74, 6) is 4.13. The number of piperidine rings is 4.